The Morgan fingerprint density at radius 3 is 2.00 bits per heavy atom. The summed E-state index contributed by atoms with van der Waals surface area (Å²) in [6, 6.07) is 0.745. The molecule has 1 heterocycles. The van der Waals surface area contributed by atoms with Gasteiger partial charge >= 0.3 is 0 Å². The summed E-state index contributed by atoms with van der Waals surface area (Å²) >= 11 is 0. The van der Waals surface area contributed by atoms with E-state index in [0.717, 1.165) is 32.0 Å². The van der Waals surface area contributed by atoms with Crippen molar-refractivity contribution in [3.63, 3.8) is 0 Å². The third-order valence-electron chi connectivity index (χ3n) is 4.17. The Hall–Kier alpha value is -0.0900. The first-order valence-electron chi connectivity index (χ1n) is 6.50. The molecule has 94 valence electrons. The lowest BCUT2D eigenvalue weighted by Crippen LogP contribution is -2.45. The van der Waals surface area contributed by atoms with Gasteiger partial charge in [0.15, 0.2) is 0 Å². The molecule has 1 aliphatic carbocycles. The molecule has 1 saturated heterocycles. The first-order valence-corrected chi connectivity index (χ1v) is 8.46. The third kappa shape index (κ3) is 2.98. The second kappa shape index (κ2) is 5.05. The zero-order valence-corrected chi connectivity index (χ0v) is 11.0. The summed E-state index contributed by atoms with van der Waals surface area (Å²) < 4.78 is 22.9. The Balaban J connectivity index is 1.85. The van der Waals surface area contributed by atoms with Crippen LogP contribution in [0, 0.1) is 0 Å². The molecule has 0 aromatic carbocycles. The van der Waals surface area contributed by atoms with Gasteiger partial charge in [0.25, 0.3) is 0 Å². The molecule has 0 bridgehead atoms. The Kier molecular flexibility index (Phi) is 3.90. The molecule has 2 fully saturated rings. The molecule has 0 aromatic rings. The zero-order valence-electron chi connectivity index (χ0n) is 10.2. The number of hydrogen-bond acceptors (Lipinski definition) is 3. The second-order valence-corrected chi connectivity index (χ2v) is 7.68. The summed E-state index contributed by atoms with van der Waals surface area (Å²) in [6.07, 6.45) is 9.81. The molecule has 0 spiro atoms. The summed E-state index contributed by atoms with van der Waals surface area (Å²) in [6.45, 7) is 1.98. The summed E-state index contributed by atoms with van der Waals surface area (Å²) in [5.74, 6) is 0. The molecule has 0 aromatic heterocycles. The highest BCUT2D eigenvalue weighted by molar-refractivity contribution is 7.91. The molecule has 0 radical (unpaired) electrons. The molecule has 1 saturated carbocycles. The molecular weight excluding hydrogens is 222 g/mol. The lowest BCUT2D eigenvalue weighted by atomic mass is 9.93. The van der Waals surface area contributed by atoms with E-state index in [1.165, 1.54) is 38.4 Å². The Labute approximate surface area is 99.1 Å². The van der Waals surface area contributed by atoms with Crippen molar-refractivity contribution in [1.82, 2.24) is 4.90 Å². The van der Waals surface area contributed by atoms with Crippen molar-refractivity contribution >= 4 is 9.84 Å². The van der Waals surface area contributed by atoms with E-state index in [1.54, 1.807) is 0 Å². The van der Waals surface area contributed by atoms with E-state index < -0.39 is 9.84 Å². The molecular formula is C12H23NO2S. The van der Waals surface area contributed by atoms with Crippen LogP contribution in [-0.2, 0) is 9.84 Å². The Bertz CT molecular complexity index is 312. The highest BCUT2D eigenvalue weighted by Gasteiger charge is 2.30. The quantitative estimate of drug-likeness (QED) is 0.745. The second-order valence-electron chi connectivity index (χ2n) is 5.36. The highest BCUT2D eigenvalue weighted by atomic mass is 32.2. The van der Waals surface area contributed by atoms with E-state index in [0.29, 0.717) is 0 Å². The summed E-state index contributed by atoms with van der Waals surface area (Å²) in [4.78, 5) is 2.53. The van der Waals surface area contributed by atoms with Crippen LogP contribution in [0.25, 0.3) is 0 Å². The van der Waals surface area contributed by atoms with Crippen molar-refractivity contribution in [2.75, 3.05) is 19.3 Å². The lowest BCUT2D eigenvalue weighted by molar-refractivity contribution is 0.132. The highest BCUT2D eigenvalue weighted by Crippen LogP contribution is 2.26. The molecule has 16 heavy (non-hydrogen) atoms. The van der Waals surface area contributed by atoms with Crippen molar-refractivity contribution in [3.8, 4) is 0 Å². The minimum absolute atomic E-state index is 0.0765. The average molecular weight is 245 g/mol. The van der Waals surface area contributed by atoms with Gasteiger partial charge in [0.2, 0.25) is 0 Å². The fourth-order valence-electron chi connectivity index (χ4n) is 3.12. The Morgan fingerprint density at radius 2 is 1.50 bits per heavy atom. The molecule has 1 aliphatic heterocycles. The smallest absolute Gasteiger partial charge is 0.150 e. The van der Waals surface area contributed by atoms with Gasteiger partial charge in [0.1, 0.15) is 9.84 Å². The summed E-state index contributed by atoms with van der Waals surface area (Å²) in [7, 11) is -2.81. The van der Waals surface area contributed by atoms with E-state index in [4.69, 9.17) is 0 Å². The number of piperidine rings is 1. The SMILES string of the molecule is CS(=O)(=O)C1CCN(C2CCCCC2)CC1. The molecule has 4 heteroatoms. The van der Waals surface area contributed by atoms with Gasteiger partial charge in [-0.2, -0.15) is 0 Å². The molecule has 3 nitrogen and oxygen atoms in total. The summed E-state index contributed by atoms with van der Waals surface area (Å²) in [5.41, 5.74) is 0. The maximum absolute atomic E-state index is 11.5. The number of sulfone groups is 1. The number of likely N-dealkylation sites (tertiary alicyclic amines) is 1. The van der Waals surface area contributed by atoms with Gasteiger partial charge in [-0.3, -0.25) is 0 Å². The van der Waals surface area contributed by atoms with Crippen molar-refractivity contribution in [1.29, 1.82) is 0 Å². The third-order valence-corrected chi connectivity index (χ3v) is 5.86. The predicted molar refractivity (Wildman–Crippen MR) is 66.3 cm³/mol. The van der Waals surface area contributed by atoms with Gasteiger partial charge in [0, 0.05) is 12.3 Å². The van der Waals surface area contributed by atoms with Crippen LogP contribution in [0.4, 0.5) is 0 Å². The van der Waals surface area contributed by atoms with Crippen molar-refractivity contribution in [3.05, 3.63) is 0 Å². The summed E-state index contributed by atoms with van der Waals surface area (Å²) in [5, 5.41) is -0.0765. The van der Waals surface area contributed by atoms with E-state index in [2.05, 4.69) is 4.90 Å². The van der Waals surface area contributed by atoms with Gasteiger partial charge < -0.3 is 4.90 Å². The predicted octanol–water partition coefficient (Wildman–Crippen LogP) is 1.83. The van der Waals surface area contributed by atoms with E-state index in [1.807, 2.05) is 0 Å². The first kappa shape index (κ1) is 12.4. The average Bonchev–Trinajstić information content (AvgIpc) is 2.29. The van der Waals surface area contributed by atoms with Gasteiger partial charge in [-0.1, -0.05) is 19.3 Å². The van der Waals surface area contributed by atoms with Gasteiger partial charge in [-0.25, -0.2) is 8.42 Å². The van der Waals surface area contributed by atoms with Crippen molar-refractivity contribution in [2.45, 2.75) is 56.2 Å². The largest absolute Gasteiger partial charge is 0.300 e. The van der Waals surface area contributed by atoms with Crippen molar-refractivity contribution in [2.24, 2.45) is 0 Å². The van der Waals surface area contributed by atoms with Crippen molar-refractivity contribution < 1.29 is 8.42 Å². The minimum Gasteiger partial charge on any atom is -0.300 e. The minimum atomic E-state index is -2.81. The number of nitrogens with zero attached hydrogens (tertiary/aromatic N) is 1. The fourth-order valence-corrected chi connectivity index (χ4v) is 4.18. The van der Waals surface area contributed by atoms with E-state index >= 15 is 0 Å². The topological polar surface area (TPSA) is 37.4 Å². The van der Waals surface area contributed by atoms with Crippen LogP contribution in [0.3, 0.4) is 0 Å². The van der Waals surface area contributed by atoms with Gasteiger partial charge in [-0.05, 0) is 38.8 Å². The van der Waals surface area contributed by atoms with E-state index in [9.17, 15) is 8.42 Å². The first-order chi connectivity index (χ1) is 7.57. The van der Waals surface area contributed by atoms with Crippen LogP contribution in [0.5, 0.6) is 0 Å². The number of rotatable bonds is 2. The molecule has 0 unspecified atom stereocenters. The zero-order chi connectivity index (χ0) is 11.6. The molecule has 0 amide bonds. The van der Waals surface area contributed by atoms with Gasteiger partial charge in [0.05, 0.1) is 5.25 Å². The normalized spacial score (nSPS) is 27.1. The molecule has 2 rings (SSSR count). The van der Waals surface area contributed by atoms with Crippen LogP contribution in [0.1, 0.15) is 44.9 Å². The van der Waals surface area contributed by atoms with Crippen LogP contribution in [0.2, 0.25) is 0 Å². The Morgan fingerprint density at radius 1 is 0.938 bits per heavy atom. The van der Waals surface area contributed by atoms with Crippen LogP contribution in [-0.4, -0.2) is 44.0 Å². The standard InChI is InChI=1S/C12H23NO2S/c1-16(14,15)12-7-9-13(10-8-12)11-5-3-2-4-6-11/h11-12H,2-10H2,1H3. The monoisotopic (exact) mass is 245 g/mol. The lowest BCUT2D eigenvalue weighted by Gasteiger charge is -2.38. The maximum Gasteiger partial charge on any atom is 0.150 e. The molecule has 2 aliphatic rings. The molecule has 0 atom stereocenters. The molecule has 0 N–H and O–H groups in total. The maximum atomic E-state index is 11.5. The van der Waals surface area contributed by atoms with Gasteiger partial charge in [-0.15, -0.1) is 0 Å². The van der Waals surface area contributed by atoms with Crippen LogP contribution >= 0.6 is 0 Å². The van der Waals surface area contributed by atoms with E-state index in [-0.39, 0.29) is 5.25 Å². The van der Waals surface area contributed by atoms with Crippen LogP contribution in [0.15, 0.2) is 0 Å². The fraction of sp³-hybridized carbons (Fsp3) is 1.00. The number of hydrogen-bond donors (Lipinski definition) is 0. The van der Waals surface area contributed by atoms with Crippen LogP contribution < -0.4 is 0 Å².